The average Bonchev–Trinajstić information content (AvgIpc) is 3.03. The topological polar surface area (TPSA) is 80.6 Å². The summed E-state index contributed by atoms with van der Waals surface area (Å²) < 4.78 is 32.6. The van der Waals surface area contributed by atoms with E-state index in [9.17, 15) is 8.42 Å². The molecule has 0 radical (unpaired) electrons. The maximum Gasteiger partial charge on any atom is 0.219 e. The van der Waals surface area contributed by atoms with Crippen molar-refractivity contribution in [1.82, 2.24) is 19.1 Å². The van der Waals surface area contributed by atoms with Crippen molar-refractivity contribution in [2.45, 2.75) is 5.25 Å². The molecule has 1 aliphatic heterocycles. The molecule has 3 aromatic rings. The molecule has 27 heavy (non-hydrogen) atoms. The summed E-state index contributed by atoms with van der Waals surface area (Å²) in [6, 6.07) is 9.54. The quantitative estimate of drug-likeness (QED) is 0.660. The van der Waals surface area contributed by atoms with E-state index in [4.69, 9.17) is 4.74 Å². The van der Waals surface area contributed by atoms with Crippen molar-refractivity contribution in [2.24, 2.45) is 0 Å². The smallest absolute Gasteiger partial charge is 0.219 e. The number of nitrogens with zero attached hydrogens (tertiary/aromatic N) is 5. The first-order valence-electron chi connectivity index (χ1n) is 8.54. The number of fused-ring (bicyclic) bond motifs is 1. The van der Waals surface area contributed by atoms with Crippen LogP contribution in [0.3, 0.4) is 0 Å². The SMILES string of the molecule is COc1ccc(-n2cc3cnc(N4CC(S(=O)(=O)N(C)C)C4)cc3n2)cc1. The van der Waals surface area contributed by atoms with Gasteiger partial charge in [-0.05, 0) is 24.3 Å². The van der Waals surface area contributed by atoms with Gasteiger partial charge >= 0.3 is 0 Å². The number of hydrogen-bond donors (Lipinski definition) is 0. The van der Waals surface area contributed by atoms with Crippen LogP contribution >= 0.6 is 0 Å². The third-order valence-corrected chi connectivity index (χ3v) is 6.97. The Balaban J connectivity index is 1.55. The summed E-state index contributed by atoms with van der Waals surface area (Å²) in [5.41, 5.74) is 1.74. The van der Waals surface area contributed by atoms with Crippen LogP contribution < -0.4 is 9.64 Å². The van der Waals surface area contributed by atoms with E-state index >= 15 is 0 Å². The van der Waals surface area contributed by atoms with Crippen LogP contribution in [0.1, 0.15) is 0 Å². The van der Waals surface area contributed by atoms with Gasteiger partial charge in [0.25, 0.3) is 0 Å². The van der Waals surface area contributed by atoms with Gasteiger partial charge in [-0.25, -0.2) is 22.4 Å². The number of anilines is 1. The zero-order chi connectivity index (χ0) is 19.2. The number of pyridine rings is 1. The molecule has 2 aromatic heterocycles. The molecule has 4 rings (SSSR count). The maximum atomic E-state index is 12.2. The van der Waals surface area contributed by atoms with Gasteiger partial charge in [-0.15, -0.1) is 0 Å². The molecule has 0 N–H and O–H groups in total. The van der Waals surface area contributed by atoms with Crippen LogP contribution in [0, 0.1) is 0 Å². The van der Waals surface area contributed by atoms with E-state index in [1.54, 1.807) is 32.1 Å². The van der Waals surface area contributed by atoms with Crippen LogP contribution in [0.25, 0.3) is 16.6 Å². The molecule has 3 heterocycles. The number of hydrogen-bond acceptors (Lipinski definition) is 6. The molecule has 1 saturated heterocycles. The van der Waals surface area contributed by atoms with E-state index < -0.39 is 10.0 Å². The van der Waals surface area contributed by atoms with Gasteiger partial charge in [-0.2, -0.15) is 5.10 Å². The molecule has 142 valence electrons. The second-order valence-electron chi connectivity index (χ2n) is 6.73. The Hall–Kier alpha value is -2.65. The van der Waals surface area contributed by atoms with Crippen LogP contribution in [0.15, 0.2) is 42.7 Å². The zero-order valence-electron chi connectivity index (χ0n) is 15.4. The first-order valence-corrected chi connectivity index (χ1v) is 10.0. The fourth-order valence-electron chi connectivity index (χ4n) is 3.06. The Morgan fingerprint density at radius 3 is 2.52 bits per heavy atom. The van der Waals surface area contributed by atoms with Gasteiger partial charge in [-0.3, -0.25) is 0 Å². The van der Waals surface area contributed by atoms with Crippen molar-refractivity contribution < 1.29 is 13.2 Å². The van der Waals surface area contributed by atoms with E-state index in [0.29, 0.717) is 13.1 Å². The second-order valence-corrected chi connectivity index (χ2v) is 9.15. The highest BCUT2D eigenvalue weighted by atomic mass is 32.2. The Morgan fingerprint density at radius 1 is 1.19 bits per heavy atom. The fourth-order valence-corrected chi connectivity index (χ4v) is 4.39. The van der Waals surface area contributed by atoms with Crippen LogP contribution in [0.2, 0.25) is 0 Å². The summed E-state index contributed by atoms with van der Waals surface area (Å²) in [6.07, 6.45) is 3.69. The van der Waals surface area contributed by atoms with Crippen LogP contribution in [0.4, 0.5) is 5.82 Å². The molecule has 0 aliphatic carbocycles. The molecular weight excluding hydrogens is 366 g/mol. The first-order chi connectivity index (χ1) is 12.9. The summed E-state index contributed by atoms with van der Waals surface area (Å²) in [5, 5.41) is 5.16. The normalized spacial score (nSPS) is 15.3. The highest BCUT2D eigenvalue weighted by Crippen LogP contribution is 2.27. The number of rotatable bonds is 5. The van der Waals surface area contributed by atoms with Crippen molar-refractivity contribution >= 4 is 26.7 Å². The predicted octanol–water partition coefficient (Wildman–Crippen LogP) is 1.51. The molecular formula is C18H21N5O3S. The fraction of sp³-hybridized carbons (Fsp3) is 0.333. The molecule has 0 atom stereocenters. The zero-order valence-corrected chi connectivity index (χ0v) is 16.2. The number of methoxy groups -OCH3 is 1. The Bertz CT molecular complexity index is 1070. The van der Waals surface area contributed by atoms with Gasteiger partial charge in [0.15, 0.2) is 0 Å². The van der Waals surface area contributed by atoms with E-state index in [-0.39, 0.29) is 5.25 Å². The van der Waals surface area contributed by atoms with Gasteiger partial charge in [0, 0.05) is 51.0 Å². The molecule has 0 spiro atoms. The summed E-state index contributed by atoms with van der Waals surface area (Å²) in [4.78, 5) is 6.42. The minimum atomic E-state index is -3.23. The minimum absolute atomic E-state index is 0.387. The minimum Gasteiger partial charge on any atom is -0.497 e. The number of benzene rings is 1. The van der Waals surface area contributed by atoms with Crippen molar-refractivity contribution in [3.8, 4) is 11.4 Å². The van der Waals surface area contributed by atoms with E-state index in [1.807, 2.05) is 41.4 Å². The summed E-state index contributed by atoms with van der Waals surface area (Å²) in [6.45, 7) is 0.885. The van der Waals surface area contributed by atoms with Gasteiger partial charge in [0.05, 0.1) is 18.3 Å². The molecule has 9 heteroatoms. The molecule has 0 bridgehead atoms. The standard InChI is InChI=1S/C18H21N5O3S/c1-21(2)27(24,25)16-11-22(12-16)18-8-17-13(9-19-18)10-23(20-17)14-4-6-15(26-3)7-5-14/h4-10,16H,11-12H2,1-3H3. The Labute approximate surface area is 158 Å². The molecule has 0 unspecified atom stereocenters. The third-order valence-electron chi connectivity index (χ3n) is 4.81. The number of aromatic nitrogens is 3. The molecule has 1 aromatic carbocycles. The second kappa shape index (κ2) is 6.50. The Morgan fingerprint density at radius 2 is 1.89 bits per heavy atom. The lowest BCUT2D eigenvalue weighted by atomic mass is 10.2. The predicted molar refractivity (Wildman–Crippen MR) is 104 cm³/mol. The van der Waals surface area contributed by atoms with Gasteiger partial charge < -0.3 is 9.64 Å². The lowest BCUT2D eigenvalue weighted by Gasteiger charge is -2.40. The van der Waals surface area contributed by atoms with Crippen molar-refractivity contribution in [3.63, 3.8) is 0 Å². The highest BCUT2D eigenvalue weighted by molar-refractivity contribution is 7.89. The van der Waals surface area contributed by atoms with Crippen molar-refractivity contribution in [3.05, 3.63) is 42.7 Å². The van der Waals surface area contributed by atoms with Gasteiger partial charge in [-0.1, -0.05) is 0 Å². The number of ether oxygens (including phenoxy) is 1. The summed E-state index contributed by atoms with van der Waals surface area (Å²) in [7, 11) is 1.53. The van der Waals surface area contributed by atoms with E-state index in [1.165, 1.54) is 4.31 Å². The molecule has 0 amide bonds. The largest absolute Gasteiger partial charge is 0.497 e. The highest BCUT2D eigenvalue weighted by Gasteiger charge is 2.39. The lowest BCUT2D eigenvalue weighted by molar-refractivity contribution is 0.414. The van der Waals surface area contributed by atoms with Crippen molar-refractivity contribution in [1.29, 1.82) is 0 Å². The molecule has 0 saturated carbocycles. The lowest BCUT2D eigenvalue weighted by Crippen LogP contribution is -2.57. The average molecular weight is 387 g/mol. The number of sulfonamides is 1. The van der Waals surface area contributed by atoms with E-state index in [2.05, 4.69) is 10.1 Å². The van der Waals surface area contributed by atoms with Crippen LogP contribution in [-0.2, 0) is 10.0 Å². The summed E-state index contributed by atoms with van der Waals surface area (Å²) >= 11 is 0. The monoisotopic (exact) mass is 387 g/mol. The molecule has 1 fully saturated rings. The van der Waals surface area contributed by atoms with Crippen molar-refractivity contribution in [2.75, 3.05) is 39.2 Å². The molecule has 1 aliphatic rings. The third kappa shape index (κ3) is 3.13. The maximum absolute atomic E-state index is 12.2. The van der Waals surface area contributed by atoms with Gasteiger partial charge in [0.1, 0.15) is 16.8 Å². The van der Waals surface area contributed by atoms with Gasteiger partial charge in [0.2, 0.25) is 10.0 Å². The first kappa shape index (κ1) is 17.7. The Kier molecular flexibility index (Phi) is 4.27. The van der Waals surface area contributed by atoms with Crippen LogP contribution in [0.5, 0.6) is 5.75 Å². The summed E-state index contributed by atoms with van der Waals surface area (Å²) in [5.74, 6) is 1.53. The van der Waals surface area contributed by atoms with Crippen LogP contribution in [-0.4, -0.2) is 67.0 Å². The molecule has 8 nitrogen and oxygen atoms in total. The van der Waals surface area contributed by atoms with E-state index in [0.717, 1.165) is 28.2 Å².